The zero-order valence-electron chi connectivity index (χ0n) is 14.7. The zero-order chi connectivity index (χ0) is 16.9. The van der Waals surface area contributed by atoms with Gasteiger partial charge in [0.15, 0.2) is 0 Å². The van der Waals surface area contributed by atoms with Gasteiger partial charge in [-0.15, -0.1) is 0 Å². The molecule has 2 saturated heterocycles. The number of amides is 2. The van der Waals surface area contributed by atoms with Crippen molar-refractivity contribution in [1.82, 2.24) is 9.80 Å². The Morgan fingerprint density at radius 3 is 2.48 bits per heavy atom. The lowest BCUT2D eigenvalue weighted by Crippen LogP contribution is -2.59. The number of likely N-dealkylation sites (N-methyl/N-ethyl adjacent to an activating group) is 1. The molecule has 6 heteroatoms. The van der Waals surface area contributed by atoms with E-state index in [4.69, 9.17) is 9.47 Å². The molecule has 3 rings (SSSR count). The number of hydrogen-bond donors (Lipinski definition) is 0. The molecule has 2 heterocycles. The summed E-state index contributed by atoms with van der Waals surface area (Å²) in [6.45, 7) is 7.57. The summed E-state index contributed by atoms with van der Waals surface area (Å²) >= 11 is 0. The largest absolute Gasteiger partial charge is 0.444 e. The van der Waals surface area contributed by atoms with Crippen LogP contribution in [0.15, 0.2) is 0 Å². The van der Waals surface area contributed by atoms with Gasteiger partial charge in [-0.1, -0.05) is 0 Å². The average Bonchev–Trinajstić information content (AvgIpc) is 3.20. The van der Waals surface area contributed by atoms with Crippen molar-refractivity contribution in [2.45, 2.75) is 69.7 Å². The Kier molecular flexibility index (Phi) is 3.86. The molecule has 0 aromatic heterocycles. The van der Waals surface area contributed by atoms with E-state index in [0.717, 1.165) is 32.1 Å². The average molecular weight is 324 g/mol. The van der Waals surface area contributed by atoms with E-state index >= 15 is 0 Å². The molecule has 0 N–H and O–H groups in total. The highest BCUT2D eigenvalue weighted by Gasteiger charge is 2.60. The molecule has 23 heavy (non-hydrogen) atoms. The molecule has 3 aliphatic rings. The van der Waals surface area contributed by atoms with E-state index in [1.54, 1.807) is 4.90 Å². The van der Waals surface area contributed by atoms with Gasteiger partial charge in [-0.25, -0.2) is 4.79 Å². The van der Waals surface area contributed by atoms with Crippen LogP contribution < -0.4 is 0 Å². The van der Waals surface area contributed by atoms with Crippen molar-refractivity contribution in [3.8, 4) is 0 Å². The van der Waals surface area contributed by atoms with Gasteiger partial charge in [-0.3, -0.25) is 4.79 Å². The number of carbonyl (C=O) groups excluding carboxylic acids is 2. The predicted octanol–water partition coefficient (Wildman–Crippen LogP) is 2.17. The highest BCUT2D eigenvalue weighted by molar-refractivity contribution is 5.88. The Morgan fingerprint density at radius 2 is 1.87 bits per heavy atom. The molecular weight excluding hydrogens is 296 g/mol. The van der Waals surface area contributed by atoms with E-state index in [-0.39, 0.29) is 17.6 Å². The molecule has 0 radical (unpaired) electrons. The molecule has 1 atom stereocenters. The lowest BCUT2D eigenvalue weighted by molar-refractivity contribution is -0.190. The minimum absolute atomic E-state index is 0.122. The summed E-state index contributed by atoms with van der Waals surface area (Å²) in [5.41, 5.74) is -1.35. The van der Waals surface area contributed by atoms with Gasteiger partial charge < -0.3 is 19.3 Å². The van der Waals surface area contributed by atoms with Gasteiger partial charge in [-0.2, -0.15) is 0 Å². The Hall–Kier alpha value is -1.30. The van der Waals surface area contributed by atoms with Crippen molar-refractivity contribution in [1.29, 1.82) is 0 Å². The van der Waals surface area contributed by atoms with Gasteiger partial charge in [0.1, 0.15) is 11.2 Å². The predicted molar refractivity (Wildman–Crippen MR) is 85.1 cm³/mol. The molecule has 2 aliphatic heterocycles. The molecule has 6 nitrogen and oxygen atoms in total. The molecule has 130 valence electrons. The molecule has 0 bridgehead atoms. The minimum Gasteiger partial charge on any atom is -0.444 e. The minimum atomic E-state index is -0.561. The molecule has 1 unspecified atom stereocenters. The van der Waals surface area contributed by atoms with Gasteiger partial charge >= 0.3 is 6.09 Å². The van der Waals surface area contributed by atoms with E-state index in [2.05, 4.69) is 0 Å². The number of likely N-dealkylation sites (tertiary alicyclic amines) is 1. The number of nitrogens with zero attached hydrogens (tertiary/aromatic N) is 2. The molecule has 1 saturated carbocycles. The van der Waals surface area contributed by atoms with Crippen molar-refractivity contribution in [2.75, 3.05) is 26.7 Å². The summed E-state index contributed by atoms with van der Waals surface area (Å²) in [4.78, 5) is 28.2. The summed E-state index contributed by atoms with van der Waals surface area (Å²) < 4.78 is 11.8. The van der Waals surface area contributed by atoms with E-state index in [1.807, 2.05) is 32.7 Å². The third-order valence-corrected chi connectivity index (χ3v) is 4.93. The van der Waals surface area contributed by atoms with Crippen LogP contribution in [0.4, 0.5) is 4.79 Å². The smallest absolute Gasteiger partial charge is 0.410 e. The first kappa shape index (κ1) is 16.6. The second-order valence-electron chi connectivity index (χ2n) is 8.26. The summed E-state index contributed by atoms with van der Waals surface area (Å²) in [6, 6.07) is 0. The summed E-state index contributed by atoms with van der Waals surface area (Å²) in [5.74, 6) is 0.122. The first-order valence-corrected chi connectivity index (χ1v) is 8.59. The van der Waals surface area contributed by atoms with Crippen molar-refractivity contribution in [3.63, 3.8) is 0 Å². The number of rotatable bonds is 0. The second-order valence-corrected chi connectivity index (χ2v) is 8.26. The van der Waals surface area contributed by atoms with Gasteiger partial charge in [0, 0.05) is 26.7 Å². The fourth-order valence-corrected chi connectivity index (χ4v) is 3.71. The van der Waals surface area contributed by atoms with Gasteiger partial charge in [0.25, 0.3) is 5.91 Å². The Morgan fingerprint density at radius 1 is 1.17 bits per heavy atom. The normalized spacial score (nSPS) is 30.5. The number of hydrogen-bond acceptors (Lipinski definition) is 4. The fraction of sp³-hybridized carbons (Fsp3) is 0.882. The monoisotopic (exact) mass is 324 g/mol. The Labute approximate surface area is 138 Å². The van der Waals surface area contributed by atoms with Gasteiger partial charge in [0.05, 0.1) is 5.60 Å². The second kappa shape index (κ2) is 5.36. The topological polar surface area (TPSA) is 59.1 Å². The van der Waals surface area contributed by atoms with Crippen molar-refractivity contribution < 1.29 is 19.1 Å². The van der Waals surface area contributed by atoms with E-state index in [1.165, 1.54) is 0 Å². The van der Waals surface area contributed by atoms with E-state index < -0.39 is 11.2 Å². The lowest BCUT2D eigenvalue weighted by atomic mass is 9.91. The van der Waals surface area contributed by atoms with E-state index in [9.17, 15) is 9.59 Å². The molecule has 1 aliphatic carbocycles. The first-order valence-electron chi connectivity index (χ1n) is 8.59. The number of morpholine rings is 1. The molecule has 0 aromatic carbocycles. The highest BCUT2D eigenvalue weighted by atomic mass is 16.6. The lowest BCUT2D eigenvalue weighted by Gasteiger charge is -2.45. The fourth-order valence-electron chi connectivity index (χ4n) is 3.71. The molecular formula is C17H28N2O4. The van der Waals surface area contributed by atoms with Crippen LogP contribution in [-0.4, -0.2) is 65.3 Å². The van der Waals surface area contributed by atoms with Crippen molar-refractivity contribution >= 4 is 12.0 Å². The molecule has 2 amide bonds. The van der Waals surface area contributed by atoms with Crippen LogP contribution >= 0.6 is 0 Å². The Bertz CT molecular complexity index is 509. The van der Waals surface area contributed by atoms with Crippen LogP contribution in [0.25, 0.3) is 0 Å². The quantitative estimate of drug-likeness (QED) is 0.685. The Balaban J connectivity index is 1.67. The molecule has 2 spiro atoms. The molecule has 3 fully saturated rings. The SMILES string of the molecule is CN1CC2(CCCN(C(=O)OC(C)(C)C)CC2)OC2(CC2)C1=O. The van der Waals surface area contributed by atoms with Crippen molar-refractivity contribution in [3.05, 3.63) is 0 Å². The number of carbonyl (C=O) groups is 2. The maximum absolute atomic E-state index is 12.3. The third-order valence-electron chi connectivity index (χ3n) is 4.93. The highest BCUT2D eigenvalue weighted by Crippen LogP contribution is 2.49. The first-order chi connectivity index (χ1) is 10.6. The number of ether oxygens (including phenoxy) is 2. The van der Waals surface area contributed by atoms with Crippen LogP contribution in [0.2, 0.25) is 0 Å². The van der Waals surface area contributed by atoms with E-state index in [0.29, 0.717) is 19.6 Å². The van der Waals surface area contributed by atoms with Gasteiger partial charge in [-0.05, 0) is 52.9 Å². The zero-order valence-corrected chi connectivity index (χ0v) is 14.7. The molecule has 0 aromatic rings. The van der Waals surface area contributed by atoms with Crippen LogP contribution in [-0.2, 0) is 14.3 Å². The maximum atomic E-state index is 12.3. The van der Waals surface area contributed by atoms with Crippen LogP contribution in [0, 0.1) is 0 Å². The van der Waals surface area contributed by atoms with Crippen molar-refractivity contribution in [2.24, 2.45) is 0 Å². The van der Waals surface area contributed by atoms with Crippen LogP contribution in [0.5, 0.6) is 0 Å². The standard InChI is InChI=1S/C17H28N2O4/c1-15(2,3)22-14(21)19-10-5-6-16(9-11-19)12-18(4)13(20)17(23-16)7-8-17/h5-12H2,1-4H3. The van der Waals surface area contributed by atoms with Crippen LogP contribution in [0.3, 0.4) is 0 Å². The van der Waals surface area contributed by atoms with Crippen LogP contribution in [0.1, 0.15) is 52.9 Å². The summed E-state index contributed by atoms with van der Waals surface area (Å²) in [6.07, 6.45) is 3.91. The maximum Gasteiger partial charge on any atom is 0.410 e. The third kappa shape index (κ3) is 3.32. The van der Waals surface area contributed by atoms with Gasteiger partial charge in [0.2, 0.25) is 0 Å². The summed E-state index contributed by atoms with van der Waals surface area (Å²) in [5, 5.41) is 0. The summed E-state index contributed by atoms with van der Waals surface area (Å²) in [7, 11) is 1.86.